The van der Waals surface area contributed by atoms with Gasteiger partial charge in [-0.3, -0.25) is 4.79 Å². The molecule has 1 atom stereocenters. The molecule has 1 aliphatic carbocycles. The van der Waals surface area contributed by atoms with Crippen molar-refractivity contribution in [3.05, 3.63) is 71.5 Å². The van der Waals surface area contributed by atoms with Crippen molar-refractivity contribution in [2.45, 2.75) is 6.92 Å². The Morgan fingerprint density at radius 3 is 2.92 bits per heavy atom. The van der Waals surface area contributed by atoms with Crippen LogP contribution in [0.1, 0.15) is 18.2 Å². The molecule has 4 rings (SSSR count). The quantitative estimate of drug-likeness (QED) is 0.638. The van der Waals surface area contributed by atoms with Crippen molar-refractivity contribution in [2.24, 2.45) is 5.92 Å². The van der Waals surface area contributed by atoms with Crippen molar-refractivity contribution in [3.63, 3.8) is 0 Å². The molecule has 2 aromatic heterocycles. The molecule has 0 saturated heterocycles. The van der Waals surface area contributed by atoms with Gasteiger partial charge in [-0.05, 0) is 42.0 Å². The lowest BCUT2D eigenvalue weighted by Crippen LogP contribution is -2.06. The lowest BCUT2D eigenvalue weighted by atomic mass is 10.0. The van der Waals surface area contributed by atoms with Crippen LogP contribution in [0.25, 0.3) is 23.1 Å². The summed E-state index contributed by atoms with van der Waals surface area (Å²) >= 11 is 0. The Kier molecular flexibility index (Phi) is 3.61. The highest BCUT2D eigenvalue weighted by Gasteiger charge is 2.26. The molecule has 0 saturated carbocycles. The van der Waals surface area contributed by atoms with Gasteiger partial charge in [0.25, 0.3) is 0 Å². The Morgan fingerprint density at radius 1 is 1.24 bits per heavy atom. The van der Waals surface area contributed by atoms with Gasteiger partial charge < -0.3 is 15.1 Å². The minimum atomic E-state index is -0.177. The molecular weight excluding hydrogens is 314 g/mol. The number of nitrogens with one attached hydrogen (secondary N) is 2. The number of aromatic amines is 2. The van der Waals surface area contributed by atoms with E-state index in [0.717, 1.165) is 27.7 Å². The monoisotopic (exact) mass is 331 g/mol. The smallest absolute Gasteiger partial charge is 0.170 e. The number of ketones is 1. The highest BCUT2D eigenvalue weighted by Crippen LogP contribution is 2.31. The number of benzene rings is 1. The van der Waals surface area contributed by atoms with Crippen molar-refractivity contribution in [1.29, 1.82) is 0 Å². The second kappa shape index (κ2) is 5.94. The van der Waals surface area contributed by atoms with E-state index in [0.29, 0.717) is 5.57 Å². The molecule has 0 amide bonds. The lowest BCUT2D eigenvalue weighted by Gasteiger charge is -2.02. The number of aromatic nitrogens is 3. The second-order valence-corrected chi connectivity index (χ2v) is 6.14. The number of imidazole rings is 1. The van der Waals surface area contributed by atoms with Gasteiger partial charge in [-0.2, -0.15) is 0 Å². The number of hydrogen-bond acceptors (Lipinski definition) is 3. The summed E-state index contributed by atoms with van der Waals surface area (Å²) in [6, 6.07) is 5.15. The summed E-state index contributed by atoms with van der Waals surface area (Å²) in [6.45, 7) is 1.91. The van der Waals surface area contributed by atoms with Crippen molar-refractivity contribution < 1.29 is 9.90 Å². The zero-order valence-corrected chi connectivity index (χ0v) is 13.7. The van der Waals surface area contributed by atoms with E-state index in [2.05, 4.69) is 15.0 Å². The third-order valence-corrected chi connectivity index (χ3v) is 4.48. The van der Waals surface area contributed by atoms with Gasteiger partial charge in [0, 0.05) is 34.2 Å². The first-order chi connectivity index (χ1) is 12.1. The highest BCUT2D eigenvalue weighted by molar-refractivity contribution is 6.10. The number of phenols is 1. The number of nitrogens with zero attached hydrogens (tertiary/aromatic N) is 1. The molecule has 1 aliphatic rings. The first-order valence-electron chi connectivity index (χ1n) is 8.06. The maximum atomic E-state index is 12.6. The Morgan fingerprint density at radius 2 is 2.12 bits per heavy atom. The van der Waals surface area contributed by atoms with Crippen molar-refractivity contribution >= 4 is 28.8 Å². The molecule has 124 valence electrons. The van der Waals surface area contributed by atoms with Crippen molar-refractivity contribution in [1.82, 2.24) is 15.0 Å². The van der Waals surface area contributed by atoms with Crippen molar-refractivity contribution in [3.8, 4) is 5.75 Å². The number of Topliss-reactive ketones (excluding diaryl/α,β-unsaturated/α-hetero) is 1. The van der Waals surface area contributed by atoms with Crippen LogP contribution in [0.2, 0.25) is 0 Å². The molecule has 3 N–H and O–H groups in total. The number of fused-ring (bicyclic) bond motifs is 1. The number of carbonyl (C=O) groups excluding carboxylic acids is 1. The highest BCUT2D eigenvalue weighted by atomic mass is 16.3. The number of rotatable bonds is 3. The maximum absolute atomic E-state index is 12.6. The molecule has 0 fully saturated rings. The van der Waals surface area contributed by atoms with Crippen LogP contribution in [0.5, 0.6) is 5.75 Å². The topological polar surface area (TPSA) is 81.8 Å². The number of H-pyrrole nitrogens is 2. The molecule has 2 heterocycles. The molecular formula is C20H17N3O2. The first kappa shape index (κ1) is 15.2. The van der Waals surface area contributed by atoms with E-state index in [9.17, 15) is 9.90 Å². The third kappa shape index (κ3) is 2.80. The zero-order valence-electron chi connectivity index (χ0n) is 13.7. The van der Waals surface area contributed by atoms with E-state index in [-0.39, 0.29) is 17.5 Å². The Labute approximate surface area is 144 Å². The van der Waals surface area contributed by atoms with Gasteiger partial charge in [0.1, 0.15) is 5.75 Å². The Balaban J connectivity index is 1.70. The van der Waals surface area contributed by atoms with Crippen LogP contribution in [-0.4, -0.2) is 25.8 Å². The molecule has 1 unspecified atom stereocenters. The van der Waals surface area contributed by atoms with Crippen LogP contribution < -0.4 is 0 Å². The SMILES string of the molecule is CC1C(=O)/C(=C\c2c[nH]c3ccc(O)cc23)C=C1/C=C/c1cnc[nH]1. The fourth-order valence-corrected chi connectivity index (χ4v) is 3.04. The fraction of sp³-hybridized carbons (Fsp3) is 0.100. The van der Waals surface area contributed by atoms with Gasteiger partial charge in [-0.15, -0.1) is 0 Å². The molecule has 0 radical (unpaired) electrons. The molecule has 3 aromatic rings. The van der Waals surface area contributed by atoms with Crippen LogP contribution >= 0.6 is 0 Å². The Hall–Kier alpha value is -3.34. The summed E-state index contributed by atoms with van der Waals surface area (Å²) in [5, 5.41) is 10.6. The van der Waals surface area contributed by atoms with E-state index in [1.54, 1.807) is 24.7 Å². The van der Waals surface area contributed by atoms with Crippen LogP contribution in [0.4, 0.5) is 0 Å². The molecule has 0 aliphatic heterocycles. The predicted octanol–water partition coefficient (Wildman–Crippen LogP) is 3.84. The summed E-state index contributed by atoms with van der Waals surface area (Å²) in [4.78, 5) is 22.7. The lowest BCUT2D eigenvalue weighted by molar-refractivity contribution is -0.116. The van der Waals surface area contributed by atoms with Gasteiger partial charge in [-0.1, -0.05) is 13.0 Å². The largest absolute Gasteiger partial charge is 0.508 e. The van der Waals surface area contributed by atoms with E-state index in [1.807, 2.05) is 43.5 Å². The zero-order chi connectivity index (χ0) is 17.4. The summed E-state index contributed by atoms with van der Waals surface area (Å²) in [5.41, 5.74) is 4.34. The standard InChI is InChI=1S/C20H17N3O2/c1-12-13(2-3-16-10-21-11-23-16)6-14(20(12)25)7-15-9-22-19-5-4-17(24)8-18(15)19/h2-12,22,24H,1H3,(H,21,23)/b3-2+,14-7-. The van der Waals surface area contributed by atoms with Crippen LogP contribution in [0, 0.1) is 5.92 Å². The molecule has 5 heteroatoms. The summed E-state index contributed by atoms with van der Waals surface area (Å²) in [7, 11) is 0. The number of phenolic OH excluding ortho intramolecular Hbond substituents is 1. The summed E-state index contributed by atoms with van der Waals surface area (Å²) < 4.78 is 0. The minimum Gasteiger partial charge on any atom is -0.508 e. The third-order valence-electron chi connectivity index (χ3n) is 4.48. The molecule has 1 aromatic carbocycles. The molecule has 5 nitrogen and oxygen atoms in total. The van der Waals surface area contributed by atoms with Gasteiger partial charge in [0.05, 0.1) is 18.2 Å². The van der Waals surface area contributed by atoms with Gasteiger partial charge in [0.15, 0.2) is 5.78 Å². The molecule has 25 heavy (non-hydrogen) atoms. The van der Waals surface area contributed by atoms with E-state index in [4.69, 9.17) is 0 Å². The van der Waals surface area contributed by atoms with E-state index >= 15 is 0 Å². The van der Waals surface area contributed by atoms with Crippen molar-refractivity contribution in [2.75, 3.05) is 0 Å². The number of hydrogen-bond donors (Lipinski definition) is 3. The predicted molar refractivity (Wildman–Crippen MR) is 97.8 cm³/mol. The second-order valence-electron chi connectivity index (χ2n) is 6.14. The van der Waals surface area contributed by atoms with Gasteiger partial charge in [-0.25, -0.2) is 4.98 Å². The van der Waals surface area contributed by atoms with Crippen LogP contribution in [-0.2, 0) is 4.79 Å². The summed E-state index contributed by atoms with van der Waals surface area (Å²) in [6.07, 6.45) is 12.8. The molecule has 0 bridgehead atoms. The number of carbonyl (C=O) groups is 1. The normalized spacial score (nSPS) is 19.4. The van der Waals surface area contributed by atoms with E-state index < -0.39 is 0 Å². The van der Waals surface area contributed by atoms with Gasteiger partial charge in [0.2, 0.25) is 0 Å². The number of aromatic hydroxyl groups is 1. The fourth-order valence-electron chi connectivity index (χ4n) is 3.04. The average molecular weight is 331 g/mol. The van der Waals surface area contributed by atoms with Gasteiger partial charge >= 0.3 is 0 Å². The average Bonchev–Trinajstić information content (AvgIpc) is 3.31. The van der Waals surface area contributed by atoms with E-state index in [1.165, 1.54) is 0 Å². The minimum absolute atomic E-state index is 0.0961. The summed E-state index contributed by atoms with van der Waals surface area (Å²) in [5.74, 6) is 0.124. The molecule has 0 spiro atoms. The Bertz CT molecular complexity index is 1040. The number of allylic oxidation sites excluding steroid dienone is 4. The van der Waals surface area contributed by atoms with Crippen LogP contribution in [0.3, 0.4) is 0 Å². The first-order valence-corrected chi connectivity index (χ1v) is 8.06. The maximum Gasteiger partial charge on any atom is 0.170 e. The van der Waals surface area contributed by atoms with Crippen LogP contribution in [0.15, 0.2) is 60.2 Å².